The van der Waals surface area contributed by atoms with E-state index in [0.29, 0.717) is 21.8 Å². The standard InChI is InChI=1S/C19H26N4O3S/c1-6-22-9-10-27-18(22)21-17(25)13-7-8-14(15(11-13)26-5)23(20)16(24)12-19(2,3)4/h7-11H,6,12,20H2,1-5H3. The maximum absolute atomic E-state index is 12.5. The summed E-state index contributed by atoms with van der Waals surface area (Å²) in [7, 11) is 1.47. The Morgan fingerprint density at radius 3 is 2.63 bits per heavy atom. The lowest BCUT2D eigenvalue weighted by molar-refractivity contribution is -0.120. The largest absolute Gasteiger partial charge is 0.494 e. The maximum Gasteiger partial charge on any atom is 0.279 e. The molecule has 0 unspecified atom stereocenters. The zero-order valence-corrected chi connectivity index (χ0v) is 17.2. The molecule has 1 heterocycles. The monoisotopic (exact) mass is 390 g/mol. The summed E-state index contributed by atoms with van der Waals surface area (Å²) in [5.74, 6) is 5.72. The smallest absolute Gasteiger partial charge is 0.279 e. The second-order valence-electron chi connectivity index (χ2n) is 7.28. The number of nitrogens with two attached hydrogens (primary N) is 1. The second kappa shape index (κ2) is 8.49. The molecule has 2 amide bonds. The molecule has 2 aromatic rings. The van der Waals surface area contributed by atoms with Gasteiger partial charge in [0.05, 0.1) is 7.11 Å². The highest BCUT2D eigenvalue weighted by molar-refractivity contribution is 7.07. The zero-order chi connectivity index (χ0) is 20.2. The Bertz CT molecular complexity index is 893. The molecule has 0 fully saturated rings. The summed E-state index contributed by atoms with van der Waals surface area (Å²) in [4.78, 5) is 29.7. The van der Waals surface area contributed by atoms with Gasteiger partial charge in [0.1, 0.15) is 11.4 Å². The second-order valence-corrected chi connectivity index (χ2v) is 8.15. The first-order valence-corrected chi connectivity index (χ1v) is 9.53. The first-order valence-electron chi connectivity index (χ1n) is 8.65. The number of hydrogen-bond acceptors (Lipinski definition) is 5. The molecule has 0 saturated heterocycles. The van der Waals surface area contributed by atoms with Crippen molar-refractivity contribution in [2.75, 3.05) is 12.1 Å². The van der Waals surface area contributed by atoms with Crippen LogP contribution in [0.5, 0.6) is 5.75 Å². The first-order chi connectivity index (χ1) is 12.7. The molecule has 2 rings (SSSR count). The van der Waals surface area contributed by atoms with Crippen molar-refractivity contribution in [3.63, 3.8) is 0 Å². The Balaban J connectivity index is 2.32. The number of aromatic nitrogens is 1. The van der Waals surface area contributed by atoms with Gasteiger partial charge in [0.2, 0.25) is 5.91 Å². The fraction of sp³-hybridized carbons (Fsp3) is 0.421. The number of anilines is 1. The third-order valence-corrected chi connectivity index (χ3v) is 4.63. The van der Waals surface area contributed by atoms with Crippen molar-refractivity contribution in [1.82, 2.24) is 4.57 Å². The van der Waals surface area contributed by atoms with Crippen LogP contribution < -0.4 is 20.4 Å². The summed E-state index contributed by atoms with van der Waals surface area (Å²) in [5.41, 5.74) is 0.581. The van der Waals surface area contributed by atoms with Crippen molar-refractivity contribution in [1.29, 1.82) is 0 Å². The quantitative estimate of drug-likeness (QED) is 0.483. The molecule has 1 aromatic carbocycles. The van der Waals surface area contributed by atoms with Gasteiger partial charge in [-0.2, -0.15) is 4.99 Å². The molecule has 0 aliphatic carbocycles. The third kappa shape index (κ3) is 5.27. The van der Waals surface area contributed by atoms with E-state index in [1.165, 1.54) is 18.4 Å². The molecule has 0 atom stereocenters. The number of hydrazine groups is 1. The summed E-state index contributed by atoms with van der Waals surface area (Å²) in [6.45, 7) is 8.61. The Hall–Kier alpha value is -2.45. The number of hydrogen-bond donors (Lipinski definition) is 1. The fourth-order valence-corrected chi connectivity index (χ4v) is 3.25. The Labute approximate surface area is 163 Å². The van der Waals surface area contributed by atoms with Gasteiger partial charge in [-0.25, -0.2) is 10.9 Å². The molecule has 0 saturated carbocycles. The minimum absolute atomic E-state index is 0.188. The van der Waals surface area contributed by atoms with Crippen LogP contribution in [-0.2, 0) is 11.3 Å². The van der Waals surface area contributed by atoms with E-state index in [2.05, 4.69) is 4.99 Å². The highest BCUT2D eigenvalue weighted by Crippen LogP contribution is 2.30. The van der Waals surface area contributed by atoms with E-state index in [4.69, 9.17) is 10.6 Å². The normalized spacial score (nSPS) is 12.1. The van der Waals surface area contributed by atoms with Crippen molar-refractivity contribution < 1.29 is 14.3 Å². The van der Waals surface area contributed by atoms with Crippen LogP contribution in [0.3, 0.4) is 0 Å². The predicted octanol–water partition coefficient (Wildman–Crippen LogP) is 2.96. The van der Waals surface area contributed by atoms with Gasteiger partial charge in [0.15, 0.2) is 4.80 Å². The van der Waals surface area contributed by atoms with Crippen LogP contribution >= 0.6 is 11.3 Å². The van der Waals surface area contributed by atoms with Crippen LogP contribution in [0.4, 0.5) is 5.69 Å². The molecular weight excluding hydrogens is 364 g/mol. The number of nitrogens with zero attached hydrogens (tertiary/aromatic N) is 3. The van der Waals surface area contributed by atoms with Crippen LogP contribution in [0.25, 0.3) is 0 Å². The molecule has 0 aliphatic heterocycles. The summed E-state index contributed by atoms with van der Waals surface area (Å²) in [5, 5.41) is 2.95. The Morgan fingerprint density at radius 2 is 2.04 bits per heavy atom. The van der Waals surface area contributed by atoms with Gasteiger partial charge < -0.3 is 9.30 Å². The fourth-order valence-electron chi connectivity index (χ4n) is 2.46. The van der Waals surface area contributed by atoms with E-state index in [0.717, 1.165) is 11.6 Å². The number of amides is 2. The summed E-state index contributed by atoms with van der Waals surface area (Å²) < 4.78 is 7.24. The van der Waals surface area contributed by atoms with E-state index >= 15 is 0 Å². The molecule has 27 heavy (non-hydrogen) atoms. The van der Waals surface area contributed by atoms with E-state index in [-0.39, 0.29) is 23.7 Å². The third-order valence-electron chi connectivity index (χ3n) is 3.83. The van der Waals surface area contributed by atoms with Crippen molar-refractivity contribution in [2.45, 2.75) is 40.7 Å². The molecule has 0 aliphatic rings. The van der Waals surface area contributed by atoms with Crippen molar-refractivity contribution >= 4 is 28.8 Å². The topological polar surface area (TPSA) is 89.9 Å². The van der Waals surface area contributed by atoms with Crippen LogP contribution in [-0.4, -0.2) is 23.5 Å². The minimum Gasteiger partial charge on any atom is -0.494 e. The van der Waals surface area contributed by atoms with Gasteiger partial charge in [-0.1, -0.05) is 20.8 Å². The van der Waals surface area contributed by atoms with Crippen LogP contribution in [0.15, 0.2) is 34.8 Å². The molecule has 7 nitrogen and oxygen atoms in total. The van der Waals surface area contributed by atoms with Gasteiger partial charge >= 0.3 is 0 Å². The zero-order valence-electron chi connectivity index (χ0n) is 16.4. The maximum atomic E-state index is 12.5. The number of ether oxygens (including phenoxy) is 1. The average Bonchev–Trinajstić information content (AvgIpc) is 3.06. The number of aryl methyl sites for hydroxylation is 1. The van der Waals surface area contributed by atoms with Gasteiger partial charge in [-0.05, 0) is 30.5 Å². The highest BCUT2D eigenvalue weighted by Gasteiger charge is 2.23. The van der Waals surface area contributed by atoms with Crippen LogP contribution in [0.1, 0.15) is 44.5 Å². The lowest BCUT2D eigenvalue weighted by atomic mass is 9.92. The van der Waals surface area contributed by atoms with E-state index < -0.39 is 0 Å². The summed E-state index contributed by atoms with van der Waals surface area (Å²) in [6.07, 6.45) is 2.17. The number of rotatable bonds is 5. The molecule has 0 bridgehead atoms. The Morgan fingerprint density at radius 1 is 1.33 bits per heavy atom. The number of thiazole rings is 1. The molecule has 146 valence electrons. The molecule has 1 aromatic heterocycles. The Kier molecular flexibility index (Phi) is 6.56. The SMILES string of the molecule is CCn1ccsc1=NC(=O)c1ccc(N(N)C(=O)CC(C)(C)C)c(OC)c1. The van der Waals surface area contributed by atoms with Crippen LogP contribution in [0, 0.1) is 5.41 Å². The van der Waals surface area contributed by atoms with Gasteiger partial charge in [-0.15, -0.1) is 11.3 Å². The number of benzene rings is 1. The molecular formula is C19H26N4O3S. The predicted molar refractivity (Wildman–Crippen MR) is 107 cm³/mol. The lowest BCUT2D eigenvalue weighted by Crippen LogP contribution is -2.39. The molecule has 2 N–H and O–H groups in total. The van der Waals surface area contributed by atoms with Crippen LogP contribution in [0.2, 0.25) is 0 Å². The highest BCUT2D eigenvalue weighted by atomic mass is 32.1. The number of carbonyl (C=O) groups excluding carboxylic acids is 2. The minimum atomic E-state index is -0.380. The molecule has 8 heteroatoms. The van der Waals surface area contributed by atoms with Gasteiger partial charge in [0, 0.05) is 30.1 Å². The van der Waals surface area contributed by atoms with Crippen molar-refractivity contribution in [2.24, 2.45) is 16.3 Å². The summed E-state index contributed by atoms with van der Waals surface area (Å²) >= 11 is 1.40. The van der Waals surface area contributed by atoms with Gasteiger partial charge in [0.25, 0.3) is 5.91 Å². The van der Waals surface area contributed by atoms with E-state index in [1.54, 1.807) is 18.2 Å². The van der Waals surface area contributed by atoms with Crippen molar-refractivity contribution in [3.05, 3.63) is 40.1 Å². The number of carbonyl (C=O) groups is 2. The van der Waals surface area contributed by atoms with Gasteiger partial charge in [-0.3, -0.25) is 9.59 Å². The average molecular weight is 391 g/mol. The van der Waals surface area contributed by atoms with E-state index in [9.17, 15) is 9.59 Å². The lowest BCUT2D eigenvalue weighted by Gasteiger charge is -2.24. The van der Waals surface area contributed by atoms with Crippen molar-refractivity contribution in [3.8, 4) is 5.75 Å². The molecule has 0 radical (unpaired) electrons. The van der Waals surface area contributed by atoms with E-state index in [1.807, 2.05) is 43.8 Å². The summed E-state index contributed by atoms with van der Waals surface area (Å²) in [6, 6.07) is 4.75. The first kappa shape index (κ1) is 20.9. The number of methoxy groups -OCH3 is 1. The molecule has 0 spiro atoms.